The highest BCUT2D eigenvalue weighted by atomic mass is 16.6. The molecule has 0 N–H and O–H groups in total. The maximum atomic E-state index is 5.84. The van der Waals surface area contributed by atoms with Crippen LogP contribution in [0.4, 0.5) is 0 Å². The third kappa shape index (κ3) is 11.1. The van der Waals surface area contributed by atoms with Crippen molar-refractivity contribution in [2.75, 3.05) is 46.2 Å². The maximum Gasteiger partial charge on any atom is 0.243 e. The van der Waals surface area contributed by atoms with Crippen LogP contribution in [-0.4, -0.2) is 50.8 Å². The lowest BCUT2D eigenvalue weighted by molar-refractivity contribution is -0.671. The van der Waals surface area contributed by atoms with Gasteiger partial charge in [0.25, 0.3) is 0 Å². The number of rotatable bonds is 18. The van der Waals surface area contributed by atoms with Crippen LogP contribution in [0.3, 0.4) is 0 Å². The maximum absolute atomic E-state index is 5.84. The fourth-order valence-electron chi connectivity index (χ4n) is 4.87. The van der Waals surface area contributed by atoms with E-state index in [1.165, 1.54) is 56.9 Å². The fourth-order valence-corrected chi connectivity index (χ4v) is 4.87. The van der Waals surface area contributed by atoms with Crippen LogP contribution in [0.5, 0.6) is 5.75 Å². The number of unbranched alkanes of at least 4 members (excludes halogenated alkanes) is 2. The second kappa shape index (κ2) is 16.7. The number of aromatic nitrogens is 2. The first-order valence-electron chi connectivity index (χ1n) is 13.7. The van der Waals surface area contributed by atoms with E-state index >= 15 is 0 Å². The summed E-state index contributed by atoms with van der Waals surface area (Å²) in [4.78, 5) is 0. The molecule has 0 aliphatic heterocycles. The van der Waals surface area contributed by atoms with E-state index in [2.05, 4.69) is 35.8 Å². The van der Waals surface area contributed by atoms with E-state index in [0.29, 0.717) is 46.2 Å². The van der Waals surface area contributed by atoms with Crippen molar-refractivity contribution in [2.24, 2.45) is 13.0 Å². The van der Waals surface area contributed by atoms with E-state index in [0.717, 1.165) is 24.1 Å². The average Bonchev–Trinajstić information content (AvgIpc) is 3.30. The number of benzene rings is 1. The van der Waals surface area contributed by atoms with Gasteiger partial charge >= 0.3 is 0 Å². The molecule has 2 aromatic rings. The van der Waals surface area contributed by atoms with Gasteiger partial charge in [0.15, 0.2) is 0 Å². The molecule has 0 atom stereocenters. The third-order valence-corrected chi connectivity index (χ3v) is 6.97. The molecule has 0 spiro atoms. The van der Waals surface area contributed by atoms with Gasteiger partial charge in [-0.25, -0.2) is 9.13 Å². The minimum absolute atomic E-state index is 0.558. The number of ether oxygens (including phenoxy) is 4. The summed E-state index contributed by atoms with van der Waals surface area (Å²) in [6.07, 6.45) is 17.1. The molecule has 3 rings (SSSR count). The Morgan fingerprint density at radius 3 is 2.11 bits per heavy atom. The van der Waals surface area contributed by atoms with Crippen molar-refractivity contribution in [1.82, 2.24) is 4.57 Å². The summed E-state index contributed by atoms with van der Waals surface area (Å²) >= 11 is 0. The molecule has 1 aromatic heterocycles. The second-order valence-electron chi connectivity index (χ2n) is 9.78. The lowest BCUT2D eigenvalue weighted by Crippen LogP contribution is -2.24. The van der Waals surface area contributed by atoms with Crippen LogP contribution in [0.25, 0.3) is 0 Å². The monoisotopic (exact) mass is 487 g/mol. The van der Waals surface area contributed by atoms with E-state index in [-0.39, 0.29) is 0 Å². The standard InChI is InChI=1S/C29H47N2O4/c1-3-4-5-6-26-7-9-27(10-8-26)28-11-13-29(14-12-28)35-24-23-34-22-21-33-20-19-32-18-17-31-16-15-30(2)25-31/h11-16,25-27H,3-10,17-24H2,1-2H3/q+1. The summed E-state index contributed by atoms with van der Waals surface area (Å²) in [6.45, 7) is 7.30. The number of nitrogens with zero attached hydrogens (tertiary/aromatic N) is 2. The van der Waals surface area contributed by atoms with Crippen LogP contribution in [0.15, 0.2) is 43.0 Å². The lowest BCUT2D eigenvalue weighted by Gasteiger charge is -2.29. The minimum Gasteiger partial charge on any atom is -0.491 e. The summed E-state index contributed by atoms with van der Waals surface area (Å²) in [5.74, 6) is 2.61. The Hall–Kier alpha value is -1.89. The van der Waals surface area contributed by atoms with E-state index in [1.807, 2.05) is 30.3 Å². The summed E-state index contributed by atoms with van der Waals surface area (Å²) in [7, 11) is 2.01. The largest absolute Gasteiger partial charge is 0.491 e. The summed E-state index contributed by atoms with van der Waals surface area (Å²) in [5.41, 5.74) is 1.47. The molecular formula is C29H47N2O4+. The zero-order valence-electron chi connectivity index (χ0n) is 22.0. The van der Waals surface area contributed by atoms with Crippen molar-refractivity contribution in [3.05, 3.63) is 48.5 Å². The molecule has 6 heteroatoms. The van der Waals surface area contributed by atoms with E-state index < -0.39 is 0 Å². The first kappa shape index (κ1) is 27.7. The van der Waals surface area contributed by atoms with Gasteiger partial charge < -0.3 is 18.9 Å². The van der Waals surface area contributed by atoms with Crippen molar-refractivity contribution in [3.63, 3.8) is 0 Å². The highest BCUT2D eigenvalue weighted by Crippen LogP contribution is 2.38. The fraction of sp³-hybridized carbons (Fsp3) is 0.690. The van der Waals surface area contributed by atoms with Gasteiger partial charge in [-0.05, 0) is 55.2 Å². The van der Waals surface area contributed by atoms with E-state index in [1.54, 1.807) is 0 Å². The molecule has 0 bridgehead atoms. The van der Waals surface area contributed by atoms with Crippen molar-refractivity contribution < 1.29 is 23.5 Å². The highest BCUT2D eigenvalue weighted by Gasteiger charge is 2.22. The first-order valence-corrected chi connectivity index (χ1v) is 13.7. The van der Waals surface area contributed by atoms with Gasteiger partial charge in [-0.2, -0.15) is 0 Å². The van der Waals surface area contributed by atoms with Crippen LogP contribution in [-0.2, 0) is 27.8 Å². The van der Waals surface area contributed by atoms with Crippen LogP contribution in [0.2, 0.25) is 0 Å². The summed E-state index contributed by atoms with van der Waals surface area (Å²) < 4.78 is 26.7. The minimum atomic E-state index is 0.558. The zero-order valence-corrected chi connectivity index (χ0v) is 22.0. The molecule has 1 fully saturated rings. The Labute approximate surface area is 212 Å². The topological polar surface area (TPSA) is 45.7 Å². The van der Waals surface area contributed by atoms with Crippen molar-refractivity contribution in [1.29, 1.82) is 0 Å². The Morgan fingerprint density at radius 2 is 1.49 bits per heavy atom. The third-order valence-electron chi connectivity index (χ3n) is 6.97. The van der Waals surface area contributed by atoms with E-state index in [9.17, 15) is 0 Å². The molecule has 6 nitrogen and oxygen atoms in total. The normalized spacial score (nSPS) is 18.1. The molecule has 1 heterocycles. The number of hydrogen-bond acceptors (Lipinski definition) is 4. The van der Waals surface area contributed by atoms with Crippen LogP contribution in [0.1, 0.15) is 69.8 Å². The molecule has 1 saturated carbocycles. The Bertz CT molecular complexity index is 784. The van der Waals surface area contributed by atoms with Crippen molar-refractivity contribution in [3.8, 4) is 5.75 Å². The number of hydrogen-bond donors (Lipinski definition) is 0. The van der Waals surface area contributed by atoms with E-state index in [4.69, 9.17) is 18.9 Å². The van der Waals surface area contributed by atoms with Crippen molar-refractivity contribution >= 4 is 0 Å². The predicted octanol–water partition coefficient (Wildman–Crippen LogP) is 5.30. The van der Waals surface area contributed by atoms with Gasteiger partial charge in [0, 0.05) is 0 Å². The Kier molecular flexibility index (Phi) is 13.2. The summed E-state index contributed by atoms with van der Waals surface area (Å²) in [5, 5.41) is 0. The van der Waals surface area contributed by atoms with Gasteiger partial charge in [0.1, 0.15) is 31.3 Å². The van der Waals surface area contributed by atoms with Gasteiger partial charge in [-0.15, -0.1) is 0 Å². The molecule has 0 amide bonds. The number of imidazole rings is 1. The average molecular weight is 488 g/mol. The first-order chi connectivity index (χ1) is 17.2. The van der Waals surface area contributed by atoms with Gasteiger partial charge in [-0.1, -0.05) is 44.7 Å². The smallest absolute Gasteiger partial charge is 0.243 e. The summed E-state index contributed by atoms with van der Waals surface area (Å²) in [6, 6.07) is 8.74. The lowest BCUT2D eigenvalue weighted by atomic mass is 9.77. The zero-order chi connectivity index (χ0) is 24.6. The molecular weight excluding hydrogens is 440 g/mol. The Morgan fingerprint density at radius 1 is 0.829 bits per heavy atom. The predicted molar refractivity (Wildman–Crippen MR) is 139 cm³/mol. The molecule has 0 radical (unpaired) electrons. The molecule has 196 valence electrons. The van der Waals surface area contributed by atoms with Crippen LogP contribution >= 0.6 is 0 Å². The second-order valence-corrected chi connectivity index (χ2v) is 9.78. The van der Waals surface area contributed by atoms with Crippen LogP contribution < -0.4 is 9.30 Å². The molecule has 1 aliphatic rings. The van der Waals surface area contributed by atoms with Gasteiger partial charge in [-0.3, -0.25) is 0 Å². The number of aryl methyl sites for hydroxylation is 1. The van der Waals surface area contributed by atoms with Crippen LogP contribution in [0, 0.1) is 5.92 Å². The Balaban J connectivity index is 1.14. The quantitative estimate of drug-likeness (QED) is 0.212. The van der Waals surface area contributed by atoms with Crippen molar-refractivity contribution in [2.45, 2.75) is 70.8 Å². The highest BCUT2D eigenvalue weighted by molar-refractivity contribution is 5.29. The molecule has 0 saturated heterocycles. The SMILES string of the molecule is CCCCCC1CCC(c2ccc(OCCOCCOCCOCCn3cc[n+](C)c3)cc2)CC1. The van der Waals surface area contributed by atoms with Gasteiger partial charge in [0.05, 0.1) is 46.7 Å². The molecule has 0 unspecified atom stereocenters. The molecule has 35 heavy (non-hydrogen) atoms. The van der Waals surface area contributed by atoms with Gasteiger partial charge in [0.2, 0.25) is 6.33 Å². The molecule has 1 aliphatic carbocycles. The molecule has 1 aromatic carbocycles.